The Hall–Kier alpha value is -1.14. The van der Waals surface area contributed by atoms with Gasteiger partial charge in [0.25, 0.3) is 0 Å². The smallest absolute Gasteiger partial charge is 0.343 e. The Morgan fingerprint density at radius 3 is 2.89 bits per heavy atom. The molecule has 2 atom stereocenters. The molecule has 1 saturated carbocycles. The van der Waals surface area contributed by atoms with Crippen LogP contribution >= 0.6 is 0 Å². The number of aromatic nitrogens is 3. The van der Waals surface area contributed by atoms with Gasteiger partial charge in [0.05, 0.1) is 12.1 Å². The van der Waals surface area contributed by atoms with Crippen LogP contribution < -0.4 is 5.69 Å². The van der Waals surface area contributed by atoms with Crippen LogP contribution in [0.2, 0.25) is 0 Å². The quantitative estimate of drug-likeness (QED) is 0.855. The van der Waals surface area contributed by atoms with Gasteiger partial charge >= 0.3 is 5.69 Å². The van der Waals surface area contributed by atoms with Crippen LogP contribution in [0.5, 0.6) is 0 Å². The molecule has 19 heavy (non-hydrogen) atoms. The lowest BCUT2D eigenvalue weighted by Gasteiger charge is -2.23. The number of nitrogens with one attached hydrogen (secondary N) is 1. The zero-order chi connectivity index (χ0) is 13.4. The van der Waals surface area contributed by atoms with E-state index in [1.807, 2.05) is 6.92 Å². The number of likely N-dealkylation sites (tertiary alicyclic amines) is 1. The number of nitrogens with zero attached hydrogens (tertiary/aromatic N) is 3. The van der Waals surface area contributed by atoms with Gasteiger partial charge < -0.3 is 4.74 Å². The third-order valence-corrected chi connectivity index (χ3v) is 4.29. The van der Waals surface area contributed by atoms with Crippen molar-refractivity contribution in [1.82, 2.24) is 19.7 Å². The molecule has 1 aliphatic heterocycles. The lowest BCUT2D eigenvalue weighted by molar-refractivity contribution is 0.107. The van der Waals surface area contributed by atoms with Gasteiger partial charge in [-0.3, -0.25) is 9.47 Å². The number of ether oxygens (including phenoxy) is 1. The highest BCUT2D eigenvalue weighted by Crippen LogP contribution is 2.37. The van der Waals surface area contributed by atoms with Gasteiger partial charge in [-0.25, -0.2) is 9.89 Å². The van der Waals surface area contributed by atoms with Crippen LogP contribution in [0.3, 0.4) is 0 Å². The normalized spacial score (nSPS) is 28.1. The molecule has 6 heteroatoms. The molecule has 2 fully saturated rings. The van der Waals surface area contributed by atoms with Crippen molar-refractivity contribution >= 4 is 0 Å². The molecule has 106 valence electrons. The summed E-state index contributed by atoms with van der Waals surface area (Å²) in [6.45, 7) is 4.70. The number of hydrogen-bond donors (Lipinski definition) is 1. The summed E-state index contributed by atoms with van der Waals surface area (Å²) in [5.74, 6) is 1.70. The fourth-order valence-electron chi connectivity index (χ4n) is 3.02. The first-order chi connectivity index (χ1) is 9.22. The topological polar surface area (TPSA) is 63.1 Å². The van der Waals surface area contributed by atoms with Crippen molar-refractivity contribution < 1.29 is 4.74 Å². The van der Waals surface area contributed by atoms with Gasteiger partial charge in [0.2, 0.25) is 0 Å². The molecule has 2 heterocycles. The molecule has 0 bridgehead atoms. The predicted octanol–water partition coefficient (Wildman–Crippen LogP) is 0.763. The molecule has 1 aliphatic carbocycles. The van der Waals surface area contributed by atoms with Crippen LogP contribution in [0.1, 0.15) is 38.1 Å². The predicted molar refractivity (Wildman–Crippen MR) is 71.0 cm³/mol. The van der Waals surface area contributed by atoms with E-state index in [4.69, 9.17) is 4.74 Å². The third kappa shape index (κ3) is 2.47. The molecule has 0 aromatic carbocycles. The monoisotopic (exact) mass is 266 g/mol. The summed E-state index contributed by atoms with van der Waals surface area (Å²) in [7, 11) is 1.76. The maximum atomic E-state index is 11.7. The molecule has 0 amide bonds. The molecule has 2 aliphatic rings. The largest absolute Gasteiger partial charge is 0.380 e. The van der Waals surface area contributed by atoms with Crippen molar-refractivity contribution in [1.29, 1.82) is 0 Å². The van der Waals surface area contributed by atoms with Gasteiger partial charge in [-0.2, -0.15) is 5.10 Å². The SMILES string of the molecule is CCn1c([C@@H]2C[C@H](OC)CN2CC2CC2)n[nH]c1=O. The molecule has 0 unspecified atom stereocenters. The summed E-state index contributed by atoms with van der Waals surface area (Å²) in [5, 5.41) is 6.82. The number of methoxy groups -OCH3 is 1. The van der Waals surface area contributed by atoms with E-state index < -0.39 is 0 Å². The maximum absolute atomic E-state index is 11.7. The van der Waals surface area contributed by atoms with Crippen LogP contribution in [0.15, 0.2) is 4.79 Å². The Morgan fingerprint density at radius 2 is 2.26 bits per heavy atom. The molecule has 1 aromatic rings. The zero-order valence-corrected chi connectivity index (χ0v) is 11.6. The van der Waals surface area contributed by atoms with Crippen molar-refractivity contribution in [3.05, 3.63) is 16.3 Å². The molecule has 0 radical (unpaired) electrons. The van der Waals surface area contributed by atoms with Crippen molar-refractivity contribution in [3.63, 3.8) is 0 Å². The molecular formula is C13H22N4O2. The van der Waals surface area contributed by atoms with Gasteiger partial charge in [0, 0.05) is 26.7 Å². The second-order valence-electron chi connectivity index (χ2n) is 5.64. The van der Waals surface area contributed by atoms with E-state index in [1.165, 1.54) is 12.8 Å². The van der Waals surface area contributed by atoms with Gasteiger partial charge in [-0.1, -0.05) is 0 Å². The third-order valence-electron chi connectivity index (χ3n) is 4.29. The number of H-pyrrole nitrogens is 1. The standard InChI is InChI=1S/C13H22N4O2/c1-3-17-12(14-15-13(17)18)11-6-10(19-2)8-16(11)7-9-4-5-9/h9-11H,3-8H2,1-2H3,(H,15,18)/t10-,11-/m0/s1. The highest BCUT2D eigenvalue weighted by Gasteiger charge is 2.38. The summed E-state index contributed by atoms with van der Waals surface area (Å²) in [6, 6.07) is 0.212. The second kappa shape index (κ2) is 5.09. The van der Waals surface area contributed by atoms with Crippen LogP contribution in [0.4, 0.5) is 0 Å². The van der Waals surface area contributed by atoms with Crippen LogP contribution in [-0.4, -0.2) is 46.0 Å². The van der Waals surface area contributed by atoms with E-state index in [9.17, 15) is 4.79 Å². The lowest BCUT2D eigenvalue weighted by Crippen LogP contribution is -2.30. The van der Waals surface area contributed by atoms with Gasteiger partial charge in [0.1, 0.15) is 0 Å². The first-order valence-corrected chi connectivity index (χ1v) is 7.14. The fraction of sp³-hybridized carbons (Fsp3) is 0.846. The molecule has 0 spiro atoms. The van der Waals surface area contributed by atoms with Crippen LogP contribution in [0, 0.1) is 5.92 Å². The minimum atomic E-state index is -0.107. The summed E-state index contributed by atoms with van der Waals surface area (Å²) in [4.78, 5) is 14.2. The average molecular weight is 266 g/mol. The lowest BCUT2D eigenvalue weighted by atomic mass is 10.2. The molecular weight excluding hydrogens is 244 g/mol. The maximum Gasteiger partial charge on any atom is 0.343 e. The Balaban J connectivity index is 1.84. The van der Waals surface area contributed by atoms with E-state index in [1.54, 1.807) is 11.7 Å². The highest BCUT2D eigenvalue weighted by molar-refractivity contribution is 5.02. The van der Waals surface area contributed by atoms with Crippen molar-refractivity contribution in [2.45, 2.75) is 44.9 Å². The molecule has 1 N–H and O–H groups in total. The molecule has 1 aromatic heterocycles. The Labute approximate surface area is 112 Å². The first-order valence-electron chi connectivity index (χ1n) is 7.14. The van der Waals surface area contributed by atoms with E-state index in [2.05, 4.69) is 15.1 Å². The summed E-state index contributed by atoms with van der Waals surface area (Å²) < 4.78 is 7.25. The molecule has 6 nitrogen and oxygen atoms in total. The van der Waals surface area contributed by atoms with Crippen molar-refractivity contribution in [2.75, 3.05) is 20.2 Å². The molecule has 3 rings (SSSR count). The Morgan fingerprint density at radius 1 is 1.47 bits per heavy atom. The number of aromatic amines is 1. The summed E-state index contributed by atoms with van der Waals surface area (Å²) >= 11 is 0. The second-order valence-corrected chi connectivity index (χ2v) is 5.64. The van der Waals surface area contributed by atoms with Crippen LogP contribution in [-0.2, 0) is 11.3 Å². The van der Waals surface area contributed by atoms with E-state index in [-0.39, 0.29) is 17.8 Å². The molecule has 1 saturated heterocycles. The minimum absolute atomic E-state index is 0.107. The van der Waals surface area contributed by atoms with Gasteiger partial charge in [0.15, 0.2) is 5.82 Å². The number of rotatable bonds is 5. The van der Waals surface area contributed by atoms with Crippen LogP contribution in [0.25, 0.3) is 0 Å². The summed E-state index contributed by atoms with van der Waals surface area (Å²) in [5.41, 5.74) is -0.107. The minimum Gasteiger partial charge on any atom is -0.380 e. The van der Waals surface area contributed by atoms with E-state index in [0.29, 0.717) is 6.54 Å². The zero-order valence-electron chi connectivity index (χ0n) is 11.6. The number of hydrogen-bond acceptors (Lipinski definition) is 4. The van der Waals surface area contributed by atoms with E-state index in [0.717, 1.165) is 31.3 Å². The van der Waals surface area contributed by atoms with Crippen molar-refractivity contribution in [3.8, 4) is 0 Å². The first kappa shape index (κ1) is 12.9. The van der Waals surface area contributed by atoms with E-state index >= 15 is 0 Å². The fourth-order valence-corrected chi connectivity index (χ4v) is 3.02. The van der Waals surface area contributed by atoms with Gasteiger partial charge in [-0.15, -0.1) is 0 Å². The van der Waals surface area contributed by atoms with Crippen molar-refractivity contribution in [2.24, 2.45) is 5.92 Å². The average Bonchev–Trinajstić information content (AvgIpc) is 3.00. The Bertz CT molecular complexity index is 491. The van der Waals surface area contributed by atoms with Gasteiger partial charge in [-0.05, 0) is 32.1 Å². The Kier molecular flexibility index (Phi) is 3.45. The summed E-state index contributed by atoms with van der Waals surface area (Å²) in [6.07, 6.45) is 3.85. The highest BCUT2D eigenvalue weighted by atomic mass is 16.5.